The number of nitrogens with two attached hydrogens (primary N) is 1. The maximum atomic E-state index is 5.98. The zero-order valence-corrected chi connectivity index (χ0v) is 12.6. The molecule has 20 heavy (non-hydrogen) atoms. The molecule has 4 heteroatoms. The van der Waals surface area contributed by atoms with Crippen LogP contribution in [0.25, 0.3) is 0 Å². The van der Waals surface area contributed by atoms with Crippen molar-refractivity contribution in [2.24, 2.45) is 5.73 Å². The molecular formula is C16H23N3O. The van der Waals surface area contributed by atoms with E-state index in [4.69, 9.17) is 10.3 Å². The lowest BCUT2D eigenvalue weighted by Gasteiger charge is -2.21. The Labute approximate surface area is 120 Å². The molecule has 2 unspecified atom stereocenters. The van der Waals surface area contributed by atoms with Crippen LogP contribution in [0.5, 0.6) is 0 Å². The molecule has 4 nitrogen and oxygen atoms in total. The van der Waals surface area contributed by atoms with Crippen molar-refractivity contribution in [1.82, 2.24) is 10.1 Å². The fraction of sp³-hybridized carbons (Fsp3) is 0.500. The topological polar surface area (TPSA) is 64.9 Å². The van der Waals surface area contributed by atoms with Crippen LogP contribution in [-0.2, 0) is 5.41 Å². The summed E-state index contributed by atoms with van der Waals surface area (Å²) in [4.78, 5) is 4.59. The van der Waals surface area contributed by atoms with Crippen molar-refractivity contribution in [3.63, 3.8) is 0 Å². The summed E-state index contributed by atoms with van der Waals surface area (Å²) < 4.78 is 5.45. The van der Waals surface area contributed by atoms with Crippen LogP contribution in [-0.4, -0.2) is 16.2 Å². The summed E-state index contributed by atoms with van der Waals surface area (Å²) in [6.07, 6.45) is 0.894. The van der Waals surface area contributed by atoms with Gasteiger partial charge in [0.05, 0.1) is 11.3 Å². The quantitative estimate of drug-likeness (QED) is 0.908. The van der Waals surface area contributed by atoms with E-state index >= 15 is 0 Å². The highest BCUT2D eigenvalue weighted by atomic mass is 16.5. The molecule has 2 aromatic rings. The average Bonchev–Trinajstić information content (AvgIpc) is 2.90. The lowest BCUT2D eigenvalue weighted by atomic mass is 9.84. The van der Waals surface area contributed by atoms with Gasteiger partial charge in [-0.05, 0) is 32.8 Å². The molecule has 2 N–H and O–H groups in total. The third-order valence-electron chi connectivity index (χ3n) is 3.89. The Morgan fingerprint density at radius 3 is 2.45 bits per heavy atom. The first kappa shape index (κ1) is 14.7. The number of benzene rings is 1. The van der Waals surface area contributed by atoms with Gasteiger partial charge in [0.15, 0.2) is 5.82 Å². The molecule has 2 rings (SSSR count). The van der Waals surface area contributed by atoms with Gasteiger partial charge in [-0.2, -0.15) is 4.98 Å². The maximum Gasteiger partial charge on any atom is 0.231 e. The van der Waals surface area contributed by atoms with E-state index in [0.717, 1.165) is 6.42 Å². The molecule has 0 aliphatic rings. The van der Waals surface area contributed by atoms with Crippen LogP contribution >= 0.6 is 0 Å². The van der Waals surface area contributed by atoms with E-state index in [2.05, 4.69) is 43.0 Å². The van der Waals surface area contributed by atoms with Gasteiger partial charge in [-0.3, -0.25) is 0 Å². The monoisotopic (exact) mass is 273 g/mol. The molecule has 1 aromatic carbocycles. The number of aromatic nitrogens is 2. The first-order valence-electron chi connectivity index (χ1n) is 7.12. The van der Waals surface area contributed by atoms with Crippen LogP contribution in [0.3, 0.4) is 0 Å². The predicted octanol–water partition coefficient (Wildman–Crippen LogP) is 3.24. The van der Waals surface area contributed by atoms with Crippen molar-refractivity contribution in [1.29, 1.82) is 0 Å². The number of hydrogen-bond acceptors (Lipinski definition) is 4. The summed E-state index contributed by atoms with van der Waals surface area (Å²) in [6.45, 7) is 8.26. The SMILES string of the molecule is CCC(c1nc(C(C)(C)c2ccccc2)no1)C(C)N. The third kappa shape index (κ3) is 2.75. The molecule has 0 fully saturated rings. The predicted molar refractivity (Wildman–Crippen MR) is 79.5 cm³/mol. The maximum absolute atomic E-state index is 5.98. The van der Waals surface area contributed by atoms with E-state index in [1.807, 2.05) is 25.1 Å². The van der Waals surface area contributed by atoms with Crippen molar-refractivity contribution in [2.75, 3.05) is 0 Å². The first-order valence-corrected chi connectivity index (χ1v) is 7.12. The van der Waals surface area contributed by atoms with E-state index < -0.39 is 0 Å². The van der Waals surface area contributed by atoms with E-state index in [0.29, 0.717) is 11.7 Å². The molecule has 2 atom stereocenters. The van der Waals surface area contributed by atoms with Crippen LogP contribution in [0.15, 0.2) is 34.9 Å². The fourth-order valence-corrected chi connectivity index (χ4v) is 2.39. The number of nitrogens with zero attached hydrogens (tertiary/aromatic N) is 2. The zero-order valence-electron chi connectivity index (χ0n) is 12.6. The molecule has 1 aromatic heterocycles. The molecule has 108 valence electrons. The number of hydrogen-bond donors (Lipinski definition) is 1. The lowest BCUT2D eigenvalue weighted by Crippen LogP contribution is -2.25. The standard InChI is InChI=1S/C16H23N3O/c1-5-13(11(2)17)14-18-15(19-20-14)16(3,4)12-9-7-6-8-10-12/h6-11,13H,5,17H2,1-4H3. The van der Waals surface area contributed by atoms with Crippen LogP contribution in [0.2, 0.25) is 0 Å². The Balaban J connectivity index is 2.33. The largest absolute Gasteiger partial charge is 0.339 e. The first-order chi connectivity index (χ1) is 9.46. The van der Waals surface area contributed by atoms with Gasteiger partial charge in [-0.25, -0.2) is 0 Å². The van der Waals surface area contributed by atoms with Crippen LogP contribution in [0.1, 0.15) is 57.3 Å². The van der Waals surface area contributed by atoms with Crippen molar-refractivity contribution in [3.8, 4) is 0 Å². The van der Waals surface area contributed by atoms with Gasteiger partial charge in [-0.1, -0.05) is 42.4 Å². The summed E-state index contributed by atoms with van der Waals surface area (Å²) in [5, 5.41) is 4.17. The van der Waals surface area contributed by atoms with Crippen LogP contribution < -0.4 is 5.73 Å². The normalized spacial score (nSPS) is 15.1. The molecule has 0 spiro atoms. The second-order valence-corrected chi connectivity index (χ2v) is 5.82. The Bertz CT molecular complexity index is 546. The van der Waals surface area contributed by atoms with E-state index in [1.54, 1.807) is 0 Å². The lowest BCUT2D eigenvalue weighted by molar-refractivity contribution is 0.327. The molecule has 0 aliphatic carbocycles. The Kier molecular flexibility index (Phi) is 4.23. The molecule has 0 amide bonds. The highest BCUT2D eigenvalue weighted by Crippen LogP contribution is 2.30. The van der Waals surface area contributed by atoms with E-state index in [-0.39, 0.29) is 17.4 Å². The van der Waals surface area contributed by atoms with Gasteiger partial charge in [0.2, 0.25) is 5.89 Å². The highest BCUT2D eigenvalue weighted by molar-refractivity contribution is 5.30. The second kappa shape index (κ2) is 5.75. The zero-order chi connectivity index (χ0) is 14.8. The minimum Gasteiger partial charge on any atom is -0.339 e. The van der Waals surface area contributed by atoms with Gasteiger partial charge in [-0.15, -0.1) is 0 Å². The van der Waals surface area contributed by atoms with Crippen LogP contribution in [0.4, 0.5) is 0 Å². The second-order valence-electron chi connectivity index (χ2n) is 5.82. The van der Waals surface area contributed by atoms with Crippen molar-refractivity contribution >= 4 is 0 Å². The summed E-state index contributed by atoms with van der Waals surface area (Å²) in [7, 11) is 0. The summed E-state index contributed by atoms with van der Waals surface area (Å²) in [6, 6.07) is 10.2. The van der Waals surface area contributed by atoms with E-state index in [9.17, 15) is 0 Å². The fourth-order valence-electron chi connectivity index (χ4n) is 2.39. The highest BCUT2D eigenvalue weighted by Gasteiger charge is 2.30. The Morgan fingerprint density at radius 2 is 1.90 bits per heavy atom. The Morgan fingerprint density at radius 1 is 1.25 bits per heavy atom. The third-order valence-corrected chi connectivity index (χ3v) is 3.89. The van der Waals surface area contributed by atoms with Crippen molar-refractivity contribution in [2.45, 2.75) is 51.5 Å². The van der Waals surface area contributed by atoms with Gasteiger partial charge in [0, 0.05) is 6.04 Å². The smallest absolute Gasteiger partial charge is 0.231 e. The van der Waals surface area contributed by atoms with Gasteiger partial charge < -0.3 is 10.3 Å². The summed E-state index contributed by atoms with van der Waals surface area (Å²) in [5.74, 6) is 1.46. The molecule has 1 heterocycles. The van der Waals surface area contributed by atoms with Gasteiger partial charge >= 0.3 is 0 Å². The van der Waals surface area contributed by atoms with E-state index in [1.165, 1.54) is 5.56 Å². The average molecular weight is 273 g/mol. The molecule has 0 saturated heterocycles. The van der Waals surface area contributed by atoms with Crippen molar-refractivity contribution in [3.05, 3.63) is 47.6 Å². The number of rotatable bonds is 5. The van der Waals surface area contributed by atoms with Gasteiger partial charge in [0.1, 0.15) is 0 Å². The molecular weight excluding hydrogens is 250 g/mol. The Hall–Kier alpha value is -1.68. The summed E-state index contributed by atoms with van der Waals surface area (Å²) >= 11 is 0. The summed E-state index contributed by atoms with van der Waals surface area (Å²) in [5.41, 5.74) is 6.87. The molecule has 0 bridgehead atoms. The van der Waals surface area contributed by atoms with Crippen molar-refractivity contribution < 1.29 is 4.52 Å². The minimum atomic E-state index is -0.279. The molecule has 0 radical (unpaired) electrons. The van der Waals surface area contributed by atoms with Crippen LogP contribution in [0, 0.1) is 0 Å². The molecule has 0 saturated carbocycles. The van der Waals surface area contributed by atoms with Gasteiger partial charge in [0.25, 0.3) is 0 Å². The molecule has 0 aliphatic heterocycles. The minimum absolute atomic E-state index is 0.00753.